The van der Waals surface area contributed by atoms with Gasteiger partial charge in [0.1, 0.15) is 0 Å². The quantitative estimate of drug-likeness (QED) is 0.806. The standard InChI is InChI=1S/C13H21NOS/c1-10(2)6-4-7-11(3)14-13(15)12-8-5-9-16-12/h5,8-11H,4,6-7H2,1-3H3,(H,14,15). The van der Waals surface area contributed by atoms with Crippen LogP contribution in [0.4, 0.5) is 0 Å². The molecule has 1 rings (SSSR count). The fourth-order valence-corrected chi connectivity index (χ4v) is 2.23. The average molecular weight is 239 g/mol. The van der Waals surface area contributed by atoms with Gasteiger partial charge in [0.15, 0.2) is 0 Å². The number of nitrogens with one attached hydrogen (secondary N) is 1. The van der Waals surface area contributed by atoms with Crippen molar-refractivity contribution in [3.05, 3.63) is 22.4 Å². The minimum Gasteiger partial charge on any atom is -0.349 e. The third-order valence-electron chi connectivity index (χ3n) is 2.54. The maximum absolute atomic E-state index is 11.7. The van der Waals surface area contributed by atoms with Crippen molar-refractivity contribution in [3.63, 3.8) is 0 Å². The van der Waals surface area contributed by atoms with Gasteiger partial charge in [-0.05, 0) is 30.7 Å². The van der Waals surface area contributed by atoms with E-state index in [1.54, 1.807) is 0 Å². The van der Waals surface area contributed by atoms with E-state index in [4.69, 9.17) is 0 Å². The number of thiophene rings is 1. The first-order valence-electron chi connectivity index (χ1n) is 5.94. The highest BCUT2D eigenvalue weighted by molar-refractivity contribution is 7.12. The van der Waals surface area contributed by atoms with Crippen molar-refractivity contribution >= 4 is 17.2 Å². The van der Waals surface area contributed by atoms with Crippen molar-refractivity contribution in [2.45, 2.75) is 46.1 Å². The molecule has 2 nitrogen and oxygen atoms in total. The van der Waals surface area contributed by atoms with E-state index in [2.05, 4.69) is 26.1 Å². The van der Waals surface area contributed by atoms with Crippen LogP contribution in [0, 0.1) is 5.92 Å². The maximum Gasteiger partial charge on any atom is 0.261 e. The topological polar surface area (TPSA) is 29.1 Å². The smallest absolute Gasteiger partial charge is 0.261 e. The summed E-state index contributed by atoms with van der Waals surface area (Å²) in [7, 11) is 0. The second kappa shape index (κ2) is 6.69. The Labute approximate surface area is 102 Å². The molecule has 1 atom stereocenters. The minimum absolute atomic E-state index is 0.0621. The summed E-state index contributed by atoms with van der Waals surface area (Å²) >= 11 is 1.49. The molecule has 0 fully saturated rings. The van der Waals surface area contributed by atoms with Crippen LogP contribution in [0.3, 0.4) is 0 Å². The Hall–Kier alpha value is -0.830. The molecule has 0 aliphatic carbocycles. The van der Waals surface area contributed by atoms with E-state index >= 15 is 0 Å². The fourth-order valence-electron chi connectivity index (χ4n) is 1.61. The fraction of sp³-hybridized carbons (Fsp3) is 0.615. The third-order valence-corrected chi connectivity index (χ3v) is 3.41. The molecule has 1 unspecified atom stereocenters. The van der Waals surface area contributed by atoms with Gasteiger partial charge in [-0.3, -0.25) is 4.79 Å². The van der Waals surface area contributed by atoms with E-state index in [0.717, 1.165) is 17.2 Å². The van der Waals surface area contributed by atoms with Gasteiger partial charge in [0.05, 0.1) is 4.88 Å². The number of rotatable bonds is 6. The maximum atomic E-state index is 11.7. The monoisotopic (exact) mass is 239 g/mol. The number of amides is 1. The van der Waals surface area contributed by atoms with Gasteiger partial charge in [-0.25, -0.2) is 0 Å². The molecular formula is C13H21NOS. The molecule has 0 saturated heterocycles. The summed E-state index contributed by atoms with van der Waals surface area (Å²) < 4.78 is 0. The van der Waals surface area contributed by atoms with Crippen molar-refractivity contribution in [3.8, 4) is 0 Å². The van der Waals surface area contributed by atoms with Crippen LogP contribution in [0.2, 0.25) is 0 Å². The van der Waals surface area contributed by atoms with Gasteiger partial charge in [-0.15, -0.1) is 11.3 Å². The van der Waals surface area contributed by atoms with Crippen LogP contribution in [0.5, 0.6) is 0 Å². The van der Waals surface area contributed by atoms with Crippen LogP contribution in [-0.4, -0.2) is 11.9 Å². The van der Waals surface area contributed by atoms with Crippen LogP contribution in [0.15, 0.2) is 17.5 Å². The van der Waals surface area contributed by atoms with Crippen molar-refractivity contribution in [2.75, 3.05) is 0 Å². The Balaban J connectivity index is 2.24. The highest BCUT2D eigenvalue weighted by Crippen LogP contribution is 2.11. The van der Waals surface area contributed by atoms with Gasteiger partial charge in [-0.1, -0.05) is 32.8 Å². The van der Waals surface area contributed by atoms with Crippen LogP contribution < -0.4 is 5.32 Å². The molecule has 0 bridgehead atoms. The molecule has 3 heteroatoms. The van der Waals surface area contributed by atoms with Crippen molar-refractivity contribution in [1.29, 1.82) is 0 Å². The largest absolute Gasteiger partial charge is 0.349 e. The molecule has 0 saturated carbocycles. The molecule has 16 heavy (non-hydrogen) atoms. The van der Waals surface area contributed by atoms with E-state index < -0.39 is 0 Å². The molecule has 1 heterocycles. The van der Waals surface area contributed by atoms with Crippen LogP contribution in [0.25, 0.3) is 0 Å². The summed E-state index contributed by atoms with van der Waals surface area (Å²) in [4.78, 5) is 12.5. The second-order valence-electron chi connectivity index (χ2n) is 4.68. The van der Waals surface area contributed by atoms with Crippen molar-refractivity contribution in [2.24, 2.45) is 5.92 Å². The second-order valence-corrected chi connectivity index (χ2v) is 5.62. The predicted molar refractivity (Wildman–Crippen MR) is 69.9 cm³/mol. The van der Waals surface area contributed by atoms with E-state index in [1.165, 1.54) is 24.2 Å². The lowest BCUT2D eigenvalue weighted by molar-refractivity contribution is 0.0942. The first-order valence-corrected chi connectivity index (χ1v) is 6.82. The molecule has 0 aliphatic rings. The Kier molecular flexibility index (Phi) is 5.53. The molecule has 0 radical (unpaired) electrons. The molecule has 1 aromatic rings. The molecule has 0 aromatic carbocycles. The van der Waals surface area contributed by atoms with Crippen molar-refractivity contribution < 1.29 is 4.79 Å². The summed E-state index contributed by atoms with van der Waals surface area (Å²) in [5, 5.41) is 4.96. The molecule has 90 valence electrons. The lowest BCUT2D eigenvalue weighted by Gasteiger charge is -2.13. The van der Waals surface area contributed by atoms with Gasteiger partial charge in [0, 0.05) is 6.04 Å². The Morgan fingerprint density at radius 3 is 2.69 bits per heavy atom. The molecule has 1 N–H and O–H groups in total. The van der Waals surface area contributed by atoms with Gasteiger partial charge in [0.25, 0.3) is 5.91 Å². The number of hydrogen-bond donors (Lipinski definition) is 1. The molecule has 0 spiro atoms. The Morgan fingerprint density at radius 2 is 2.12 bits per heavy atom. The first kappa shape index (κ1) is 13.2. The predicted octanol–water partition coefficient (Wildman–Crippen LogP) is 3.69. The first-order chi connectivity index (χ1) is 7.59. The Morgan fingerprint density at radius 1 is 1.38 bits per heavy atom. The van der Waals surface area contributed by atoms with Gasteiger partial charge < -0.3 is 5.32 Å². The zero-order chi connectivity index (χ0) is 12.0. The van der Waals surface area contributed by atoms with Gasteiger partial charge in [0.2, 0.25) is 0 Å². The SMILES string of the molecule is CC(C)CCCC(C)NC(=O)c1cccs1. The lowest BCUT2D eigenvalue weighted by Crippen LogP contribution is -2.31. The van der Waals surface area contributed by atoms with Crippen molar-refractivity contribution in [1.82, 2.24) is 5.32 Å². The van der Waals surface area contributed by atoms with Crippen LogP contribution in [-0.2, 0) is 0 Å². The number of hydrogen-bond acceptors (Lipinski definition) is 2. The zero-order valence-corrected chi connectivity index (χ0v) is 11.1. The number of carbonyl (C=O) groups is 1. The van der Waals surface area contributed by atoms with E-state index in [9.17, 15) is 4.79 Å². The molecule has 1 amide bonds. The van der Waals surface area contributed by atoms with E-state index in [1.807, 2.05) is 17.5 Å². The summed E-state index contributed by atoms with van der Waals surface area (Å²) in [6.45, 7) is 6.54. The summed E-state index contributed by atoms with van der Waals surface area (Å²) in [6.07, 6.45) is 3.48. The molecule has 0 aliphatic heterocycles. The third kappa shape index (κ3) is 4.79. The van der Waals surface area contributed by atoms with Gasteiger partial charge >= 0.3 is 0 Å². The normalized spacial score (nSPS) is 12.8. The summed E-state index contributed by atoms with van der Waals surface area (Å²) in [5.41, 5.74) is 0. The molecule has 1 aromatic heterocycles. The van der Waals surface area contributed by atoms with E-state index in [-0.39, 0.29) is 11.9 Å². The van der Waals surface area contributed by atoms with Crippen LogP contribution >= 0.6 is 11.3 Å². The Bertz CT molecular complexity index is 306. The minimum atomic E-state index is 0.0621. The molecular weight excluding hydrogens is 218 g/mol. The lowest BCUT2D eigenvalue weighted by atomic mass is 10.0. The zero-order valence-electron chi connectivity index (χ0n) is 10.3. The van der Waals surface area contributed by atoms with Gasteiger partial charge in [-0.2, -0.15) is 0 Å². The number of carbonyl (C=O) groups excluding carboxylic acids is 1. The van der Waals surface area contributed by atoms with E-state index in [0.29, 0.717) is 0 Å². The van der Waals surface area contributed by atoms with Crippen LogP contribution in [0.1, 0.15) is 49.7 Å². The summed E-state index contributed by atoms with van der Waals surface area (Å²) in [6, 6.07) is 4.04. The summed E-state index contributed by atoms with van der Waals surface area (Å²) in [5.74, 6) is 0.812. The highest BCUT2D eigenvalue weighted by atomic mass is 32.1. The average Bonchev–Trinajstić information content (AvgIpc) is 2.69. The highest BCUT2D eigenvalue weighted by Gasteiger charge is 2.10.